The molecule has 1 aromatic carbocycles. The van der Waals surface area contributed by atoms with E-state index in [0.717, 1.165) is 5.52 Å². The Morgan fingerprint density at radius 3 is 2.65 bits per heavy atom. The molecule has 0 aliphatic carbocycles. The summed E-state index contributed by atoms with van der Waals surface area (Å²) in [5.41, 5.74) is 1.94. The summed E-state index contributed by atoms with van der Waals surface area (Å²) >= 11 is 11.8. The number of carbonyl (C=O) groups is 1. The van der Waals surface area contributed by atoms with Crippen molar-refractivity contribution < 1.29 is 4.79 Å². The molecule has 2 aromatic heterocycles. The van der Waals surface area contributed by atoms with Gasteiger partial charge in [-0.15, -0.1) is 0 Å². The van der Waals surface area contributed by atoms with Crippen LogP contribution in [0, 0.1) is 0 Å². The quantitative estimate of drug-likeness (QED) is 0.780. The molecule has 0 saturated carbocycles. The molecule has 6 heteroatoms. The van der Waals surface area contributed by atoms with Crippen LogP contribution in [0.4, 0.5) is 5.69 Å². The lowest BCUT2D eigenvalue weighted by Crippen LogP contribution is -2.12. The van der Waals surface area contributed by atoms with Gasteiger partial charge in [0.25, 0.3) is 5.91 Å². The first-order valence-corrected chi connectivity index (χ1v) is 6.56. The minimum absolute atomic E-state index is 0.230. The summed E-state index contributed by atoms with van der Waals surface area (Å²) in [6.45, 7) is 0. The van der Waals surface area contributed by atoms with E-state index < -0.39 is 0 Å². The first kappa shape index (κ1) is 13.0. The standard InChI is InChI=1S/C14H9Cl2N3O/c15-10-4-11(16)6-12(5-10)18-14(20)9-1-2-19-8-17-7-13(19)3-9/h1-8H,(H,18,20). The molecule has 0 aliphatic heterocycles. The van der Waals surface area contributed by atoms with Crippen LogP contribution >= 0.6 is 23.2 Å². The minimum atomic E-state index is -0.230. The van der Waals surface area contributed by atoms with Crippen molar-refractivity contribution in [2.75, 3.05) is 5.32 Å². The van der Waals surface area contributed by atoms with Crippen LogP contribution in [0.5, 0.6) is 0 Å². The van der Waals surface area contributed by atoms with Crippen LogP contribution in [0.25, 0.3) is 5.52 Å². The second-order valence-corrected chi connectivity index (χ2v) is 5.13. The van der Waals surface area contributed by atoms with Gasteiger partial charge in [0.05, 0.1) is 18.0 Å². The zero-order chi connectivity index (χ0) is 14.1. The van der Waals surface area contributed by atoms with Crippen molar-refractivity contribution in [3.05, 3.63) is 64.7 Å². The highest BCUT2D eigenvalue weighted by Crippen LogP contribution is 2.23. The number of nitrogens with zero attached hydrogens (tertiary/aromatic N) is 2. The Morgan fingerprint density at radius 1 is 1.15 bits per heavy atom. The van der Waals surface area contributed by atoms with Crippen molar-refractivity contribution in [2.45, 2.75) is 0 Å². The summed E-state index contributed by atoms with van der Waals surface area (Å²) < 4.78 is 1.83. The number of halogens is 2. The molecule has 0 bridgehead atoms. The second-order valence-electron chi connectivity index (χ2n) is 4.25. The average molecular weight is 306 g/mol. The van der Waals surface area contributed by atoms with Gasteiger partial charge >= 0.3 is 0 Å². The van der Waals surface area contributed by atoms with E-state index in [1.165, 1.54) is 0 Å². The Labute approximate surface area is 125 Å². The van der Waals surface area contributed by atoms with E-state index in [1.807, 2.05) is 4.40 Å². The summed E-state index contributed by atoms with van der Waals surface area (Å²) in [6, 6.07) is 8.37. The van der Waals surface area contributed by atoms with E-state index in [-0.39, 0.29) is 5.91 Å². The Hall–Kier alpha value is -2.04. The SMILES string of the molecule is O=C(Nc1cc(Cl)cc(Cl)c1)c1ccn2cncc2c1. The molecule has 0 atom stereocenters. The molecular weight excluding hydrogens is 297 g/mol. The normalized spacial score (nSPS) is 10.7. The van der Waals surface area contributed by atoms with E-state index >= 15 is 0 Å². The number of amides is 1. The summed E-state index contributed by atoms with van der Waals surface area (Å²) in [5.74, 6) is -0.230. The van der Waals surface area contributed by atoms with E-state index in [2.05, 4.69) is 10.3 Å². The van der Waals surface area contributed by atoms with E-state index in [4.69, 9.17) is 23.2 Å². The predicted molar refractivity (Wildman–Crippen MR) is 79.6 cm³/mol. The number of fused-ring (bicyclic) bond motifs is 1. The highest BCUT2D eigenvalue weighted by molar-refractivity contribution is 6.35. The van der Waals surface area contributed by atoms with Crippen LogP contribution < -0.4 is 5.32 Å². The Balaban J connectivity index is 1.88. The van der Waals surface area contributed by atoms with Gasteiger partial charge in [0, 0.05) is 27.5 Å². The number of hydrogen-bond donors (Lipinski definition) is 1. The minimum Gasteiger partial charge on any atom is -0.322 e. The summed E-state index contributed by atoms with van der Waals surface area (Å²) in [4.78, 5) is 16.2. The predicted octanol–water partition coefficient (Wildman–Crippen LogP) is 3.89. The van der Waals surface area contributed by atoms with Crippen LogP contribution in [-0.2, 0) is 0 Å². The number of hydrogen-bond acceptors (Lipinski definition) is 2. The van der Waals surface area contributed by atoms with Gasteiger partial charge in [0.15, 0.2) is 0 Å². The molecule has 3 aromatic rings. The lowest BCUT2D eigenvalue weighted by Gasteiger charge is -2.07. The fourth-order valence-electron chi connectivity index (χ4n) is 1.89. The molecule has 0 unspecified atom stereocenters. The Morgan fingerprint density at radius 2 is 1.90 bits per heavy atom. The van der Waals surface area contributed by atoms with Gasteiger partial charge in [-0.1, -0.05) is 23.2 Å². The van der Waals surface area contributed by atoms with Gasteiger partial charge in [0.2, 0.25) is 0 Å². The highest BCUT2D eigenvalue weighted by atomic mass is 35.5. The summed E-state index contributed by atoms with van der Waals surface area (Å²) in [6.07, 6.45) is 5.14. The largest absolute Gasteiger partial charge is 0.322 e. The molecule has 0 aliphatic rings. The molecule has 1 N–H and O–H groups in total. The second kappa shape index (κ2) is 5.15. The molecular formula is C14H9Cl2N3O. The number of imidazole rings is 1. The molecule has 0 saturated heterocycles. The van der Waals surface area contributed by atoms with Crippen LogP contribution in [0.3, 0.4) is 0 Å². The number of aromatic nitrogens is 2. The van der Waals surface area contributed by atoms with E-state index in [9.17, 15) is 4.79 Å². The molecule has 2 heterocycles. The monoisotopic (exact) mass is 305 g/mol. The summed E-state index contributed by atoms with van der Waals surface area (Å²) in [7, 11) is 0. The lowest BCUT2D eigenvalue weighted by molar-refractivity contribution is 0.102. The van der Waals surface area contributed by atoms with Crippen molar-refractivity contribution in [2.24, 2.45) is 0 Å². The third-order valence-corrected chi connectivity index (χ3v) is 3.23. The fourth-order valence-corrected chi connectivity index (χ4v) is 2.42. The lowest BCUT2D eigenvalue weighted by atomic mass is 10.2. The number of nitrogens with one attached hydrogen (secondary N) is 1. The Bertz CT molecular complexity index is 778. The van der Waals surface area contributed by atoms with Crippen LogP contribution in [0.1, 0.15) is 10.4 Å². The first-order valence-electron chi connectivity index (χ1n) is 5.81. The third-order valence-electron chi connectivity index (χ3n) is 2.80. The molecule has 0 spiro atoms. The van der Waals surface area contributed by atoms with Gasteiger partial charge in [-0.05, 0) is 30.3 Å². The topological polar surface area (TPSA) is 46.4 Å². The van der Waals surface area contributed by atoms with Gasteiger partial charge in [-0.3, -0.25) is 4.79 Å². The zero-order valence-corrected chi connectivity index (χ0v) is 11.7. The van der Waals surface area contributed by atoms with Gasteiger partial charge in [0.1, 0.15) is 0 Å². The van der Waals surface area contributed by atoms with Crippen molar-refractivity contribution in [3.63, 3.8) is 0 Å². The average Bonchev–Trinajstić information content (AvgIpc) is 2.84. The fraction of sp³-hybridized carbons (Fsp3) is 0. The van der Waals surface area contributed by atoms with E-state index in [1.54, 1.807) is 49.1 Å². The summed E-state index contributed by atoms with van der Waals surface area (Å²) in [5, 5.41) is 3.70. The molecule has 0 radical (unpaired) electrons. The van der Waals surface area contributed by atoms with Crippen molar-refractivity contribution in [3.8, 4) is 0 Å². The highest BCUT2D eigenvalue weighted by Gasteiger charge is 2.08. The number of rotatable bonds is 2. The number of pyridine rings is 1. The molecule has 100 valence electrons. The van der Waals surface area contributed by atoms with Gasteiger partial charge < -0.3 is 9.72 Å². The third kappa shape index (κ3) is 2.61. The first-order chi connectivity index (χ1) is 9.61. The number of carbonyl (C=O) groups excluding carboxylic acids is 1. The number of anilines is 1. The van der Waals surface area contributed by atoms with Crippen molar-refractivity contribution >= 4 is 40.3 Å². The Kier molecular flexibility index (Phi) is 3.34. The van der Waals surface area contributed by atoms with Crippen molar-refractivity contribution in [1.82, 2.24) is 9.38 Å². The van der Waals surface area contributed by atoms with Crippen LogP contribution in [-0.4, -0.2) is 15.3 Å². The van der Waals surface area contributed by atoms with Crippen LogP contribution in [0.2, 0.25) is 10.0 Å². The van der Waals surface area contributed by atoms with Crippen LogP contribution in [0.15, 0.2) is 49.1 Å². The molecule has 1 amide bonds. The molecule has 20 heavy (non-hydrogen) atoms. The molecule has 0 fully saturated rings. The molecule has 3 rings (SSSR count). The maximum atomic E-state index is 12.2. The van der Waals surface area contributed by atoms with Gasteiger partial charge in [-0.2, -0.15) is 0 Å². The van der Waals surface area contributed by atoms with Crippen molar-refractivity contribution in [1.29, 1.82) is 0 Å². The smallest absolute Gasteiger partial charge is 0.255 e. The maximum absolute atomic E-state index is 12.2. The number of benzene rings is 1. The molecule has 4 nitrogen and oxygen atoms in total. The van der Waals surface area contributed by atoms with Gasteiger partial charge in [-0.25, -0.2) is 4.98 Å². The zero-order valence-electron chi connectivity index (χ0n) is 10.2. The van der Waals surface area contributed by atoms with E-state index in [0.29, 0.717) is 21.3 Å². The maximum Gasteiger partial charge on any atom is 0.255 e.